The monoisotopic (exact) mass is 501 g/mol. The Balaban J connectivity index is 1.42. The quantitative estimate of drug-likeness (QED) is 0.322. The number of aryl methyl sites for hydroxylation is 3. The SMILES string of the molecule is CCOC(=O)C(Cc1ccc(OCCN(C)C2c3ccccc3CCc3ccc(CC)cc32)cc1)OC. The number of carbonyl (C=O) groups is 1. The van der Waals surface area contributed by atoms with E-state index >= 15 is 0 Å². The van der Waals surface area contributed by atoms with Crippen LogP contribution < -0.4 is 4.74 Å². The second-order valence-corrected chi connectivity index (χ2v) is 9.64. The van der Waals surface area contributed by atoms with E-state index < -0.39 is 6.10 Å². The second-order valence-electron chi connectivity index (χ2n) is 9.64. The van der Waals surface area contributed by atoms with Gasteiger partial charge in [-0.25, -0.2) is 4.79 Å². The van der Waals surface area contributed by atoms with Gasteiger partial charge in [0.2, 0.25) is 0 Å². The van der Waals surface area contributed by atoms with Crippen LogP contribution >= 0.6 is 0 Å². The van der Waals surface area contributed by atoms with Crippen LogP contribution in [0.2, 0.25) is 0 Å². The molecule has 0 aromatic heterocycles. The third kappa shape index (κ3) is 6.60. The van der Waals surface area contributed by atoms with Crippen molar-refractivity contribution in [1.29, 1.82) is 0 Å². The largest absolute Gasteiger partial charge is 0.492 e. The van der Waals surface area contributed by atoms with Crippen LogP contribution in [0.3, 0.4) is 0 Å². The average molecular weight is 502 g/mol. The topological polar surface area (TPSA) is 48.0 Å². The molecule has 0 fully saturated rings. The first-order valence-corrected chi connectivity index (χ1v) is 13.3. The van der Waals surface area contributed by atoms with Gasteiger partial charge in [-0.05, 0) is 78.7 Å². The van der Waals surface area contributed by atoms with Gasteiger partial charge in [0.15, 0.2) is 6.10 Å². The van der Waals surface area contributed by atoms with Crippen LogP contribution in [-0.4, -0.2) is 50.9 Å². The highest BCUT2D eigenvalue weighted by Crippen LogP contribution is 2.36. The van der Waals surface area contributed by atoms with Gasteiger partial charge in [-0.2, -0.15) is 0 Å². The minimum Gasteiger partial charge on any atom is -0.492 e. The zero-order valence-corrected chi connectivity index (χ0v) is 22.5. The van der Waals surface area contributed by atoms with E-state index in [4.69, 9.17) is 14.2 Å². The molecule has 1 aliphatic carbocycles. The van der Waals surface area contributed by atoms with E-state index in [1.165, 1.54) is 34.9 Å². The number of hydrogen-bond acceptors (Lipinski definition) is 5. The predicted molar refractivity (Wildman–Crippen MR) is 147 cm³/mol. The van der Waals surface area contributed by atoms with Crippen molar-refractivity contribution in [1.82, 2.24) is 4.90 Å². The van der Waals surface area contributed by atoms with Crippen LogP contribution in [0.15, 0.2) is 66.7 Å². The molecule has 37 heavy (non-hydrogen) atoms. The number of methoxy groups -OCH3 is 1. The number of likely N-dealkylation sites (N-methyl/N-ethyl adjacent to an activating group) is 1. The van der Waals surface area contributed by atoms with E-state index in [-0.39, 0.29) is 12.0 Å². The van der Waals surface area contributed by atoms with Crippen molar-refractivity contribution in [2.75, 3.05) is 33.9 Å². The molecule has 4 rings (SSSR count). The fourth-order valence-electron chi connectivity index (χ4n) is 5.16. The first kappa shape index (κ1) is 26.9. The van der Waals surface area contributed by atoms with Crippen LogP contribution in [0.25, 0.3) is 0 Å². The predicted octanol–water partition coefficient (Wildman–Crippen LogP) is 5.57. The number of carbonyl (C=O) groups excluding carboxylic acids is 1. The molecule has 0 aliphatic heterocycles. The van der Waals surface area contributed by atoms with E-state index in [0.29, 0.717) is 19.6 Å². The molecule has 196 valence electrons. The molecule has 0 radical (unpaired) electrons. The molecule has 5 nitrogen and oxygen atoms in total. The summed E-state index contributed by atoms with van der Waals surface area (Å²) in [4.78, 5) is 14.4. The molecule has 0 bridgehead atoms. The number of ether oxygens (including phenoxy) is 3. The molecular weight excluding hydrogens is 462 g/mol. The maximum absolute atomic E-state index is 12.0. The second kappa shape index (κ2) is 12.9. The first-order chi connectivity index (χ1) is 18.0. The number of nitrogens with zero attached hydrogens (tertiary/aromatic N) is 1. The Hall–Kier alpha value is -3.15. The highest BCUT2D eigenvalue weighted by Gasteiger charge is 2.27. The van der Waals surface area contributed by atoms with Gasteiger partial charge in [0.1, 0.15) is 12.4 Å². The Bertz CT molecular complexity index is 1170. The van der Waals surface area contributed by atoms with Crippen molar-refractivity contribution in [3.05, 3.63) is 100 Å². The van der Waals surface area contributed by atoms with Gasteiger partial charge in [0, 0.05) is 20.1 Å². The molecule has 0 spiro atoms. The Labute approximate surface area is 221 Å². The number of hydrogen-bond donors (Lipinski definition) is 0. The summed E-state index contributed by atoms with van der Waals surface area (Å²) >= 11 is 0. The summed E-state index contributed by atoms with van der Waals surface area (Å²) in [5.74, 6) is 0.485. The minimum atomic E-state index is -0.598. The number of fused-ring (bicyclic) bond motifs is 2. The smallest absolute Gasteiger partial charge is 0.335 e. The van der Waals surface area contributed by atoms with Crippen molar-refractivity contribution in [2.24, 2.45) is 0 Å². The van der Waals surface area contributed by atoms with Crippen LogP contribution in [0.1, 0.15) is 53.3 Å². The molecule has 0 saturated carbocycles. The molecule has 5 heteroatoms. The van der Waals surface area contributed by atoms with Crippen molar-refractivity contribution in [3.63, 3.8) is 0 Å². The van der Waals surface area contributed by atoms with E-state index in [1.54, 1.807) is 6.92 Å². The van der Waals surface area contributed by atoms with Gasteiger partial charge < -0.3 is 14.2 Å². The highest BCUT2D eigenvalue weighted by molar-refractivity contribution is 5.75. The van der Waals surface area contributed by atoms with E-state index in [0.717, 1.165) is 37.1 Å². The normalized spacial score (nSPS) is 15.4. The minimum absolute atomic E-state index is 0.208. The molecule has 0 saturated heterocycles. The highest BCUT2D eigenvalue weighted by atomic mass is 16.6. The molecule has 0 heterocycles. The summed E-state index contributed by atoms with van der Waals surface area (Å²) in [7, 11) is 3.73. The molecule has 0 N–H and O–H groups in total. The van der Waals surface area contributed by atoms with E-state index in [9.17, 15) is 4.79 Å². The fraction of sp³-hybridized carbons (Fsp3) is 0.406. The Morgan fingerprint density at radius 2 is 1.65 bits per heavy atom. The van der Waals surface area contributed by atoms with Gasteiger partial charge in [-0.3, -0.25) is 4.90 Å². The Morgan fingerprint density at radius 1 is 0.946 bits per heavy atom. The van der Waals surface area contributed by atoms with Gasteiger partial charge in [-0.1, -0.05) is 61.5 Å². The molecule has 3 aromatic rings. The van der Waals surface area contributed by atoms with E-state index in [2.05, 4.69) is 61.3 Å². The van der Waals surface area contributed by atoms with Crippen molar-refractivity contribution < 1.29 is 19.0 Å². The molecule has 3 aromatic carbocycles. The maximum atomic E-state index is 12.0. The number of benzene rings is 3. The van der Waals surface area contributed by atoms with Crippen molar-refractivity contribution in [3.8, 4) is 5.75 Å². The van der Waals surface area contributed by atoms with Crippen LogP contribution in [0.5, 0.6) is 5.75 Å². The molecule has 1 aliphatic rings. The Kier molecular flexibility index (Phi) is 9.37. The lowest BCUT2D eigenvalue weighted by Gasteiger charge is -2.30. The molecule has 0 amide bonds. The fourth-order valence-corrected chi connectivity index (χ4v) is 5.16. The van der Waals surface area contributed by atoms with E-state index in [1.807, 2.05) is 24.3 Å². The summed E-state index contributed by atoms with van der Waals surface area (Å²) < 4.78 is 16.5. The summed E-state index contributed by atoms with van der Waals surface area (Å²) in [6.07, 6.45) is 3.05. The molecule has 2 unspecified atom stereocenters. The van der Waals surface area contributed by atoms with Crippen molar-refractivity contribution in [2.45, 2.75) is 51.7 Å². The first-order valence-electron chi connectivity index (χ1n) is 13.3. The number of rotatable bonds is 11. The van der Waals surface area contributed by atoms with Gasteiger partial charge >= 0.3 is 5.97 Å². The summed E-state index contributed by atoms with van der Waals surface area (Å²) in [5.41, 5.74) is 8.08. The van der Waals surface area contributed by atoms with Crippen molar-refractivity contribution >= 4 is 5.97 Å². The zero-order chi connectivity index (χ0) is 26.2. The number of esters is 1. The lowest BCUT2D eigenvalue weighted by Crippen LogP contribution is -2.30. The summed E-state index contributed by atoms with van der Waals surface area (Å²) in [6.45, 7) is 5.74. The maximum Gasteiger partial charge on any atom is 0.335 e. The van der Waals surface area contributed by atoms with Crippen LogP contribution in [-0.2, 0) is 40.0 Å². The van der Waals surface area contributed by atoms with Crippen LogP contribution in [0, 0.1) is 0 Å². The third-order valence-electron chi connectivity index (χ3n) is 7.26. The third-order valence-corrected chi connectivity index (χ3v) is 7.26. The average Bonchev–Trinajstić information content (AvgIpc) is 3.09. The van der Waals surface area contributed by atoms with Gasteiger partial charge in [0.05, 0.1) is 12.6 Å². The lowest BCUT2D eigenvalue weighted by atomic mass is 9.92. The summed E-state index contributed by atoms with van der Waals surface area (Å²) in [6, 6.07) is 24.0. The standard InChI is InChI=1S/C32H39NO4/c1-5-23-11-14-26-16-15-25-9-7-8-10-28(25)31(29(26)21-23)33(3)19-20-37-27-17-12-24(13-18-27)22-30(35-4)32(34)36-6-2/h7-14,17-18,21,30-31H,5-6,15-16,19-20,22H2,1-4H3. The van der Waals surface area contributed by atoms with Gasteiger partial charge in [0.25, 0.3) is 0 Å². The lowest BCUT2D eigenvalue weighted by molar-refractivity contribution is -0.154. The van der Waals surface area contributed by atoms with Crippen LogP contribution in [0.4, 0.5) is 0 Å². The van der Waals surface area contributed by atoms with Gasteiger partial charge in [-0.15, -0.1) is 0 Å². The molecule has 2 atom stereocenters. The summed E-state index contributed by atoms with van der Waals surface area (Å²) in [5, 5.41) is 0. The zero-order valence-electron chi connectivity index (χ0n) is 22.5. The Morgan fingerprint density at radius 3 is 2.35 bits per heavy atom. The molecular formula is C32H39NO4.